The Bertz CT molecular complexity index is 781. The van der Waals surface area contributed by atoms with Gasteiger partial charge in [0.15, 0.2) is 5.69 Å². The number of nitrogens with zero attached hydrogens (tertiary/aromatic N) is 5. The summed E-state index contributed by atoms with van der Waals surface area (Å²) in [6, 6.07) is 1.95. The van der Waals surface area contributed by atoms with E-state index in [0.717, 1.165) is 24.4 Å². The van der Waals surface area contributed by atoms with Gasteiger partial charge in [-0.2, -0.15) is 10.2 Å². The SMILES string of the molecule is Cc1cc(C(=O)N2C3CCC2Cn2c(n[nH]c2=O)C3)nn1C. The lowest BCUT2D eigenvalue weighted by Gasteiger charge is -2.27. The van der Waals surface area contributed by atoms with E-state index in [0.29, 0.717) is 18.7 Å². The van der Waals surface area contributed by atoms with Crippen LogP contribution in [0.25, 0.3) is 0 Å². The predicted octanol–water partition coefficient (Wildman–Crippen LogP) is -0.157. The molecule has 116 valence electrons. The van der Waals surface area contributed by atoms with Gasteiger partial charge in [0, 0.05) is 31.7 Å². The van der Waals surface area contributed by atoms with Crippen LogP contribution >= 0.6 is 0 Å². The molecule has 2 unspecified atom stereocenters. The largest absolute Gasteiger partial charge is 0.343 e. The van der Waals surface area contributed by atoms with Crippen molar-refractivity contribution in [1.29, 1.82) is 0 Å². The highest BCUT2D eigenvalue weighted by molar-refractivity contribution is 5.93. The van der Waals surface area contributed by atoms with Crippen LogP contribution in [0.1, 0.15) is 34.8 Å². The Morgan fingerprint density at radius 3 is 2.86 bits per heavy atom. The first-order chi connectivity index (χ1) is 10.5. The number of aromatic amines is 1. The summed E-state index contributed by atoms with van der Waals surface area (Å²) in [4.78, 5) is 26.6. The molecule has 2 aromatic heterocycles. The number of nitrogens with one attached hydrogen (secondary N) is 1. The number of aryl methyl sites for hydroxylation is 2. The Hall–Kier alpha value is -2.38. The van der Waals surface area contributed by atoms with Crippen molar-refractivity contribution >= 4 is 5.91 Å². The molecule has 1 N–H and O–H groups in total. The summed E-state index contributed by atoms with van der Waals surface area (Å²) in [6.07, 6.45) is 2.48. The fraction of sp³-hybridized carbons (Fsp3) is 0.571. The van der Waals surface area contributed by atoms with E-state index >= 15 is 0 Å². The molecule has 2 aliphatic rings. The monoisotopic (exact) mass is 302 g/mol. The molecule has 8 nitrogen and oxygen atoms in total. The number of hydrogen-bond acceptors (Lipinski definition) is 4. The minimum atomic E-state index is -0.191. The van der Waals surface area contributed by atoms with Crippen molar-refractivity contribution in [2.75, 3.05) is 0 Å². The van der Waals surface area contributed by atoms with E-state index in [1.54, 1.807) is 9.25 Å². The lowest BCUT2D eigenvalue weighted by atomic mass is 10.1. The van der Waals surface area contributed by atoms with Crippen molar-refractivity contribution in [2.45, 2.75) is 44.8 Å². The minimum absolute atomic E-state index is 0.0383. The van der Waals surface area contributed by atoms with Gasteiger partial charge in [-0.1, -0.05) is 0 Å². The van der Waals surface area contributed by atoms with Crippen molar-refractivity contribution in [1.82, 2.24) is 29.4 Å². The predicted molar refractivity (Wildman–Crippen MR) is 77.5 cm³/mol. The second kappa shape index (κ2) is 4.56. The summed E-state index contributed by atoms with van der Waals surface area (Å²) in [5.41, 5.74) is 1.24. The molecule has 1 saturated heterocycles. The van der Waals surface area contributed by atoms with Gasteiger partial charge in [0.05, 0.1) is 6.04 Å². The Kier molecular flexibility index (Phi) is 2.75. The summed E-state index contributed by atoms with van der Waals surface area (Å²) < 4.78 is 3.37. The molecule has 2 aromatic rings. The van der Waals surface area contributed by atoms with Crippen molar-refractivity contribution in [3.05, 3.63) is 33.8 Å². The van der Waals surface area contributed by atoms with Crippen LogP contribution in [0, 0.1) is 6.92 Å². The standard InChI is InChI=1S/C14H18N6O2/c1-8-5-11(17-18(8)2)13(21)20-9-3-4-10(20)7-19-12(6-9)15-16-14(19)22/h5,9-10H,3-4,6-7H2,1-2H3,(H,16,22). The molecule has 0 aliphatic carbocycles. The Morgan fingerprint density at radius 2 is 2.14 bits per heavy atom. The average molecular weight is 302 g/mol. The number of rotatable bonds is 1. The van der Waals surface area contributed by atoms with E-state index in [1.807, 2.05) is 24.9 Å². The first-order valence-corrected chi connectivity index (χ1v) is 7.52. The molecule has 0 spiro atoms. The molecule has 1 fully saturated rings. The molecular formula is C14H18N6O2. The molecule has 2 atom stereocenters. The molecule has 8 heteroatoms. The maximum atomic E-state index is 12.9. The van der Waals surface area contributed by atoms with Gasteiger partial charge in [0.25, 0.3) is 5.91 Å². The summed E-state index contributed by atoms with van der Waals surface area (Å²) in [5.74, 6) is 0.700. The van der Waals surface area contributed by atoms with Crippen LogP contribution in [-0.2, 0) is 20.0 Å². The zero-order valence-electron chi connectivity index (χ0n) is 12.6. The molecule has 1 amide bonds. The first-order valence-electron chi connectivity index (χ1n) is 7.52. The highest BCUT2D eigenvalue weighted by atomic mass is 16.2. The zero-order valence-corrected chi connectivity index (χ0v) is 12.6. The maximum absolute atomic E-state index is 12.9. The fourth-order valence-electron chi connectivity index (χ4n) is 3.59. The van der Waals surface area contributed by atoms with E-state index < -0.39 is 0 Å². The van der Waals surface area contributed by atoms with Crippen molar-refractivity contribution in [3.8, 4) is 0 Å². The second-order valence-corrected chi connectivity index (χ2v) is 6.15. The van der Waals surface area contributed by atoms with Crippen LogP contribution in [0.3, 0.4) is 0 Å². The Morgan fingerprint density at radius 1 is 1.36 bits per heavy atom. The van der Waals surface area contributed by atoms with E-state index in [1.165, 1.54) is 0 Å². The van der Waals surface area contributed by atoms with Gasteiger partial charge in [-0.05, 0) is 25.8 Å². The highest BCUT2D eigenvalue weighted by Gasteiger charge is 2.41. The van der Waals surface area contributed by atoms with E-state index in [4.69, 9.17) is 0 Å². The second-order valence-electron chi connectivity index (χ2n) is 6.15. The number of amides is 1. The summed E-state index contributed by atoms with van der Waals surface area (Å²) in [7, 11) is 1.83. The number of fused-ring (bicyclic) bond motifs is 3. The van der Waals surface area contributed by atoms with Crippen LogP contribution in [0.4, 0.5) is 0 Å². The molecule has 0 radical (unpaired) electrons. The number of aromatic nitrogens is 5. The number of carbonyl (C=O) groups excluding carboxylic acids is 1. The van der Waals surface area contributed by atoms with Crippen molar-refractivity contribution in [3.63, 3.8) is 0 Å². The van der Waals surface area contributed by atoms with Crippen molar-refractivity contribution in [2.24, 2.45) is 7.05 Å². The van der Waals surface area contributed by atoms with Crippen LogP contribution < -0.4 is 5.69 Å². The molecule has 2 bridgehead atoms. The fourth-order valence-corrected chi connectivity index (χ4v) is 3.59. The van der Waals surface area contributed by atoms with Gasteiger partial charge in [-0.25, -0.2) is 9.89 Å². The summed E-state index contributed by atoms with van der Waals surface area (Å²) in [6.45, 7) is 2.44. The van der Waals surface area contributed by atoms with Gasteiger partial charge in [-0.15, -0.1) is 0 Å². The molecule has 2 aliphatic heterocycles. The summed E-state index contributed by atoms with van der Waals surface area (Å²) in [5, 5.41) is 10.9. The zero-order chi connectivity index (χ0) is 15.4. The van der Waals surface area contributed by atoms with Gasteiger partial charge < -0.3 is 4.90 Å². The van der Waals surface area contributed by atoms with Gasteiger partial charge >= 0.3 is 5.69 Å². The first kappa shape index (κ1) is 13.3. The average Bonchev–Trinajstić information content (AvgIpc) is 3.08. The third kappa shape index (κ3) is 1.83. The molecular weight excluding hydrogens is 284 g/mol. The van der Waals surface area contributed by atoms with E-state index in [2.05, 4.69) is 15.3 Å². The molecule has 4 rings (SSSR count). The lowest BCUT2D eigenvalue weighted by molar-refractivity contribution is 0.0658. The van der Waals surface area contributed by atoms with Crippen LogP contribution in [0.2, 0.25) is 0 Å². The number of carbonyl (C=O) groups is 1. The molecule has 22 heavy (non-hydrogen) atoms. The summed E-state index contributed by atoms with van der Waals surface area (Å²) >= 11 is 0. The molecule has 0 saturated carbocycles. The quantitative estimate of drug-likeness (QED) is 0.793. The highest BCUT2D eigenvalue weighted by Crippen LogP contribution is 2.31. The van der Waals surface area contributed by atoms with Gasteiger partial charge in [0.2, 0.25) is 0 Å². The van der Waals surface area contributed by atoms with Gasteiger partial charge in [0.1, 0.15) is 5.82 Å². The van der Waals surface area contributed by atoms with Crippen LogP contribution in [0.5, 0.6) is 0 Å². The molecule has 4 heterocycles. The van der Waals surface area contributed by atoms with E-state index in [9.17, 15) is 9.59 Å². The third-order valence-electron chi connectivity index (χ3n) is 4.84. The smallest absolute Gasteiger partial charge is 0.329 e. The lowest BCUT2D eigenvalue weighted by Crippen LogP contribution is -2.42. The topological polar surface area (TPSA) is 88.8 Å². The van der Waals surface area contributed by atoms with E-state index in [-0.39, 0.29) is 23.7 Å². The minimum Gasteiger partial charge on any atom is -0.329 e. The molecule has 0 aromatic carbocycles. The Labute approximate surface area is 126 Å². The van der Waals surface area contributed by atoms with Crippen LogP contribution in [0.15, 0.2) is 10.9 Å². The maximum Gasteiger partial charge on any atom is 0.343 e. The Balaban J connectivity index is 1.69. The third-order valence-corrected chi connectivity index (χ3v) is 4.84. The number of H-pyrrole nitrogens is 1. The number of hydrogen-bond donors (Lipinski definition) is 1. The van der Waals surface area contributed by atoms with Crippen molar-refractivity contribution < 1.29 is 4.79 Å². The normalized spacial score (nSPS) is 23.5. The van der Waals surface area contributed by atoms with Gasteiger partial charge in [-0.3, -0.25) is 14.0 Å². The van der Waals surface area contributed by atoms with Crippen LogP contribution in [-0.4, -0.2) is 47.4 Å².